The fraction of sp³-hybridized carbons (Fsp3) is 1.00. The quantitative estimate of drug-likeness (QED) is 0.382. The summed E-state index contributed by atoms with van der Waals surface area (Å²) in [6.45, 7) is 2.26. The highest BCUT2D eigenvalue weighted by Crippen LogP contribution is 2.32. The van der Waals surface area contributed by atoms with Gasteiger partial charge in [-0.3, -0.25) is 0 Å². The van der Waals surface area contributed by atoms with Crippen molar-refractivity contribution in [3.05, 3.63) is 0 Å². The third-order valence-corrected chi connectivity index (χ3v) is 5.49. The van der Waals surface area contributed by atoms with Crippen LogP contribution >= 0.6 is 0 Å². The van der Waals surface area contributed by atoms with Crippen molar-refractivity contribution in [2.45, 2.75) is 116 Å². The lowest BCUT2D eigenvalue weighted by Gasteiger charge is -2.33. The van der Waals surface area contributed by atoms with Gasteiger partial charge in [-0.1, -0.05) is 96.8 Å². The van der Waals surface area contributed by atoms with Gasteiger partial charge >= 0.3 is 16.4 Å². The summed E-state index contributed by atoms with van der Waals surface area (Å²) >= 11 is 0. The van der Waals surface area contributed by atoms with E-state index < -0.39 is 16.4 Å². The van der Waals surface area contributed by atoms with Crippen LogP contribution in [0.2, 0.25) is 0 Å². The Hall–Kier alpha value is -0.170. The van der Waals surface area contributed by atoms with Crippen LogP contribution in [0.4, 0.5) is 0 Å². The van der Waals surface area contributed by atoms with Gasteiger partial charge in [0, 0.05) is 6.42 Å². The lowest BCUT2D eigenvalue weighted by Crippen LogP contribution is -2.50. The molecule has 1 rings (SSSR count). The molecule has 6 heteroatoms. The van der Waals surface area contributed by atoms with E-state index in [-0.39, 0.29) is 6.42 Å². The smallest absolute Gasteiger partial charge is 0.342 e. The van der Waals surface area contributed by atoms with Crippen molar-refractivity contribution in [2.75, 3.05) is 0 Å². The predicted octanol–water partition coefficient (Wildman–Crippen LogP) is 5.19. The molecule has 0 radical (unpaired) electrons. The average Bonchev–Trinajstić information content (AvgIpc) is 2.49. The number of aliphatic hydroxyl groups is 1. The van der Waals surface area contributed by atoms with Crippen LogP contribution in [0.1, 0.15) is 110 Å². The maximum absolute atomic E-state index is 10.7. The second kappa shape index (κ2) is 12.2. The third kappa shape index (κ3) is 10.6. The molecule has 0 spiro atoms. The lowest BCUT2D eigenvalue weighted by atomic mass is 10.0. The molecule has 0 aliphatic carbocycles. The standard InChI is InChI=1S/C18H36O5S/c1-2-3-4-5-6-7-8-9-10-11-12-13-14-15-16-17-18(19)22-24(20,21)23-18/h19H,2-17H2,1H3. The Morgan fingerprint density at radius 1 is 0.667 bits per heavy atom. The van der Waals surface area contributed by atoms with Gasteiger partial charge in [0.2, 0.25) is 0 Å². The minimum atomic E-state index is -3.91. The molecule has 0 aromatic carbocycles. The van der Waals surface area contributed by atoms with Crippen LogP contribution in [-0.4, -0.2) is 19.5 Å². The fourth-order valence-electron chi connectivity index (χ4n) is 3.13. The van der Waals surface area contributed by atoms with E-state index in [4.69, 9.17) is 0 Å². The predicted molar refractivity (Wildman–Crippen MR) is 95.6 cm³/mol. The van der Waals surface area contributed by atoms with Gasteiger partial charge in [0.05, 0.1) is 0 Å². The first-order chi connectivity index (χ1) is 11.5. The Kier molecular flexibility index (Phi) is 11.1. The molecule has 0 atom stereocenters. The summed E-state index contributed by atoms with van der Waals surface area (Å²) < 4.78 is 30.0. The van der Waals surface area contributed by atoms with Gasteiger partial charge in [-0.15, -0.1) is 0 Å². The number of hydrogen-bond donors (Lipinski definition) is 1. The van der Waals surface area contributed by atoms with Crippen LogP contribution < -0.4 is 0 Å². The maximum atomic E-state index is 10.7. The molecule has 1 N–H and O–H groups in total. The summed E-state index contributed by atoms with van der Waals surface area (Å²) in [6, 6.07) is 0. The number of hydrogen-bond acceptors (Lipinski definition) is 5. The number of rotatable bonds is 16. The summed E-state index contributed by atoms with van der Waals surface area (Å²) in [4.78, 5) is 0. The molecular weight excluding hydrogens is 328 g/mol. The normalized spacial score (nSPS) is 18.4. The zero-order valence-electron chi connectivity index (χ0n) is 15.3. The second-order valence-corrected chi connectivity index (χ2v) is 8.14. The minimum absolute atomic E-state index is 0.213. The van der Waals surface area contributed by atoms with E-state index in [1.165, 1.54) is 77.0 Å². The first kappa shape index (κ1) is 21.9. The first-order valence-corrected chi connectivity index (χ1v) is 11.2. The van der Waals surface area contributed by atoms with Crippen molar-refractivity contribution in [1.82, 2.24) is 0 Å². The van der Waals surface area contributed by atoms with Gasteiger partial charge in [0.25, 0.3) is 0 Å². The van der Waals surface area contributed by atoms with E-state index >= 15 is 0 Å². The summed E-state index contributed by atoms with van der Waals surface area (Å²) in [5, 5.41) is 9.53. The molecule has 1 fully saturated rings. The summed E-state index contributed by atoms with van der Waals surface area (Å²) in [5.74, 6) is -1.89. The van der Waals surface area contributed by atoms with Crippen molar-refractivity contribution in [2.24, 2.45) is 0 Å². The largest absolute Gasteiger partial charge is 0.409 e. The van der Waals surface area contributed by atoms with Crippen molar-refractivity contribution in [3.63, 3.8) is 0 Å². The van der Waals surface area contributed by atoms with E-state index in [1.807, 2.05) is 0 Å². The summed E-state index contributed by atoms with van der Waals surface area (Å²) in [6.07, 6.45) is 19.2. The molecule has 5 nitrogen and oxygen atoms in total. The zero-order chi connectivity index (χ0) is 17.7. The van der Waals surface area contributed by atoms with Crippen molar-refractivity contribution < 1.29 is 21.9 Å². The van der Waals surface area contributed by atoms with Crippen LogP contribution in [0.25, 0.3) is 0 Å². The molecular formula is C18H36O5S. The Balaban J connectivity index is 1.74. The Labute approximate surface area is 148 Å². The highest BCUT2D eigenvalue weighted by atomic mass is 32.3. The molecule has 1 saturated heterocycles. The molecule has 0 saturated carbocycles. The van der Waals surface area contributed by atoms with Crippen LogP contribution in [-0.2, 0) is 18.8 Å². The SMILES string of the molecule is CCCCCCCCCCCCCCCCCC1(O)OS(=O)(=O)O1. The van der Waals surface area contributed by atoms with Gasteiger partial charge < -0.3 is 5.11 Å². The van der Waals surface area contributed by atoms with Crippen LogP contribution in [0.5, 0.6) is 0 Å². The molecule has 0 aromatic rings. The van der Waals surface area contributed by atoms with Crippen molar-refractivity contribution >= 4 is 10.4 Å². The minimum Gasteiger partial charge on any atom is -0.342 e. The highest BCUT2D eigenvalue weighted by Gasteiger charge is 2.50. The molecule has 1 heterocycles. The molecule has 144 valence electrons. The van der Waals surface area contributed by atoms with E-state index in [2.05, 4.69) is 15.3 Å². The molecule has 0 unspecified atom stereocenters. The van der Waals surface area contributed by atoms with Gasteiger partial charge in [-0.05, 0) is 6.42 Å². The van der Waals surface area contributed by atoms with Gasteiger partial charge in [-0.2, -0.15) is 16.8 Å². The zero-order valence-corrected chi connectivity index (χ0v) is 16.1. The molecule has 24 heavy (non-hydrogen) atoms. The lowest BCUT2D eigenvalue weighted by molar-refractivity contribution is -0.329. The van der Waals surface area contributed by atoms with Crippen LogP contribution in [0.15, 0.2) is 0 Å². The average molecular weight is 365 g/mol. The molecule has 0 bridgehead atoms. The van der Waals surface area contributed by atoms with Gasteiger partial charge in [0.15, 0.2) is 0 Å². The highest BCUT2D eigenvalue weighted by molar-refractivity contribution is 7.82. The summed E-state index contributed by atoms with van der Waals surface area (Å²) in [7, 11) is -3.91. The van der Waals surface area contributed by atoms with Gasteiger partial charge in [0.1, 0.15) is 0 Å². The van der Waals surface area contributed by atoms with Gasteiger partial charge in [-0.25, -0.2) is 0 Å². The topological polar surface area (TPSA) is 72.8 Å². The molecule has 1 aliphatic rings. The summed E-state index contributed by atoms with van der Waals surface area (Å²) in [5.41, 5.74) is 0. The van der Waals surface area contributed by atoms with Crippen LogP contribution in [0, 0.1) is 0 Å². The van der Waals surface area contributed by atoms with Crippen molar-refractivity contribution in [1.29, 1.82) is 0 Å². The first-order valence-electron chi connectivity index (χ1n) is 9.86. The monoisotopic (exact) mass is 364 g/mol. The third-order valence-electron chi connectivity index (χ3n) is 4.56. The molecule has 1 aliphatic heterocycles. The van der Waals surface area contributed by atoms with E-state index in [0.29, 0.717) is 6.42 Å². The Morgan fingerprint density at radius 3 is 1.33 bits per heavy atom. The number of unbranched alkanes of at least 4 members (excludes halogenated alkanes) is 14. The molecule has 0 aromatic heterocycles. The molecule has 0 amide bonds. The maximum Gasteiger partial charge on any atom is 0.409 e. The Bertz CT molecular complexity index is 396. The Morgan fingerprint density at radius 2 is 1.00 bits per heavy atom. The van der Waals surface area contributed by atoms with E-state index in [1.54, 1.807) is 0 Å². The second-order valence-electron chi connectivity index (χ2n) is 6.99. The van der Waals surface area contributed by atoms with E-state index in [0.717, 1.165) is 12.8 Å². The fourth-order valence-corrected chi connectivity index (χ4v) is 3.95. The van der Waals surface area contributed by atoms with Crippen LogP contribution in [0.3, 0.4) is 0 Å². The van der Waals surface area contributed by atoms with E-state index in [9.17, 15) is 13.5 Å². The van der Waals surface area contributed by atoms with Crippen molar-refractivity contribution in [3.8, 4) is 0 Å².